The number of amides is 4. The highest BCUT2D eigenvalue weighted by Crippen LogP contribution is 2.60. The van der Waals surface area contributed by atoms with Gasteiger partial charge in [-0.2, -0.15) is 0 Å². The molecule has 8 rings (SSSR count). The summed E-state index contributed by atoms with van der Waals surface area (Å²) < 4.78 is 6.84. The van der Waals surface area contributed by atoms with Gasteiger partial charge < -0.3 is 4.42 Å². The Morgan fingerprint density at radius 1 is 0.842 bits per heavy atom. The topological polar surface area (TPSA) is 79.6 Å². The second-order valence-electron chi connectivity index (χ2n) is 11.4. The van der Waals surface area contributed by atoms with Crippen LogP contribution in [0.1, 0.15) is 49.8 Å². The molecular weight excluding hydrogens is 544 g/mol. The second-order valence-corrected chi connectivity index (χ2v) is 12.3. The van der Waals surface area contributed by atoms with Crippen molar-refractivity contribution in [3.8, 4) is 11.3 Å². The molecule has 1 saturated heterocycles. The van der Waals surface area contributed by atoms with Gasteiger partial charge in [-0.25, -0.2) is 9.69 Å². The van der Waals surface area contributed by atoms with E-state index in [1.807, 2.05) is 36.4 Å². The smallest absolute Gasteiger partial charge is 0.335 e. The van der Waals surface area contributed by atoms with E-state index in [0.29, 0.717) is 17.2 Å². The summed E-state index contributed by atoms with van der Waals surface area (Å²) in [5.74, 6) is 2.07. The Kier molecular flexibility index (Phi) is 5.48. The number of anilines is 1. The Balaban J connectivity index is 1.15. The van der Waals surface area contributed by atoms with Gasteiger partial charge in [-0.3, -0.25) is 14.9 Å². The summed E-state index contributed by atoms with van der Waals surface area (Å²) >= 11 is 3.42. The van der Waals surface area contributed by atoms with E-state index in [1.165, 1.54) is 50.2 Å². The minimum absolute atomic E-state index is 0.147. The summed E-state index contributed by atoms with van der Waals surface area (Å²) in [7, 11) is 0. The van der Waals surface area contributed by atoms with Crippen LogP contribution in [0.25, 0.3) is 17.4 Å². The highest BCUT2D eigenvalue weighted by Gasteiger charge is 2.51. The van der Waals surface area contributed by atoms with E-state index in [0.717, 1.165) is 32.7 Å². The third-order valence-electron chi connectivity index (χ3n) is 8.92. The monoisotopic (exact) mass is 570 g/mol. The lowest BCUT2D eigenvalue weighted by Crippen LogP contribution is -2.54. The Morgan fingerprint density at radius 2 is 1.47 bits per heavy atom. The van der Waals surface area contributed by atoms with Gasteiger partial charge in [0.2, 0.25) is 0 Å². The van der Waals surface area contributed by atoms with E-state index in [4.69, 9.17) is 4.42 Å². The Bertz CT molecular complexity index is 1450. The van der Waals surface area contributed by atoms with Crippen molar-refractivity contribution in [2.24, 2.45) is 17.8 Å². The van der Waals surface area contributed by atoms with Crippen molar-refractivity contribution in [2.75, 3.05) is 4.90 Å². The maximum absolute atomic E-state index is 13.4. The highest BCUT2D eigenvalue weighted by atomic mass is 79.9. The van der Waals surface area contributed by atoms with E-state index in [2.05, 4.69) is 33.4 Å². The van der Waals surface area contributed by atoms with Crippen molar-refractivity contribution in [1.29, 1.82) is 0 Å². The third-order valence-corrected chi connectivity index (χ3v) is 9.45. The Labute approximate surface area is 229 Å². The number of rotatable bonds is 4. The average molecular weight is 571 g/mol. The summed E-state index contributed by atoms with van der Waals surface area (Å²) in [5.41, 5.74) is 2.72. The number of barbiturate groups is 1. The van der Waals surface area contributed by atoms with E-state index in [-0.39, 0.29) is 11.0 Å². The number of hydrogen-bond donors (Lipinski definition) is 1. The molecule has 38 heavy (non-hydrogen) atoms. The molecule has 0 atom stereocenters. The zero-order valence-electron chi connectivity index (χ0n) is 20.8. The standard InChI is InChI=1S/C31H27BrN2O4/c32-23-5-1-21(2-6-23)27-10-9-25(38-27)14-26-28(35)33-30(37)34(29(26)36)24-7-3-22(4-8-24)31-15-18-11-19(16-31)13-20(12-18)17-31/h1-10,14,18-20H,11-13,15-17H2,(H,33,35,37)/b26-14-. The average Bonchev–Trinajstić information content (AvgIpc) is 3.35. The lowest BCUT2D eigenvalue weighted by Gasteiger charge is -2.57. The Hall–Kier alpha value is -3.45. The van der Waals surface area contributed by atoms with E-state index < -0.39 is 17.8 Å². The molecule has 7 heteroatoms. The molecule has 1 N–H and O–H groups in total. The fraction of sp³-hybridized carbons (Fsp3) is 0.323. The largest absolute Gasteiger partial charge is 0.457 e. The number of halogens is 1. The third kappa shape index (κ3) is 3.95. The molecule has 2 heterocycles. The van der Waals surface area contributed by atoms with Gasteiger partial charge in [0.05, 0.1) is 5.69 Å². The number of imide groups is 2. The van der Waals surface area contributed by atoms with Gasteiger partial charge in [0.15, 0.2) is 0 Å². The van der Waals surface area contributed by atoms with Gasteiger partial charge in [0, 0.05) is 10.0 Å². The predicted molar refractivity (Wildman–Crippen MR) is 147 cm³/mol. The maximum atomic E-state index is 13.4. The Morgan fingerprint density at radius 3 is 2.11 bits per heavy atom. The highest BCUT2D eigenvalue weighted by molar-refractivity contribution is 9.10. The molecule has 3 aromatic rings. The summed E-state index contributed by atoms with van der Waals surface area (Å²) in [6, 6.07) is 18.2. The van der Waals surface area contributed by atoms with Crippen molar-refractivity contribution in [3.05, 3.63) is 82.0 Å². The molecular formula is C31H27BrN2O4. The lowest BCUT2D eigenvalue weighted by atomic mass is 9.48. The number of urea groups is 1. The molecule has 4 bridgehead atoms. The number of nitrogens with one attached hydrogen (secondary N) is 1. The SMILES string of the molecule is O=C1NC(=O)N(c2ccc(C34CC5CC(CC(C5)C3)C4)cc2)C(=O)/C1=C\c1ccc(-c2ccc(Br)cc2)o1. The molecule has 1 aliphatic heterocycles. The quantitative estimate of drug-likeness (QED) is 0.275. The molecule has 1 aromatic heterocycles. The first kappa shape index (κ1) is 23.7. The van der Waals surface area contributed by atoms with Crippen molar-refractivity contribution in [1.82, 2.24) is 5.32 Å². The van der Waals surface area contributed by atoms with Gasteiger partial charge in [0.25, 0.3) is 11.8 Å². The van der Waals surface area contributed by atoms with Crippen molar-refractivity contribution >= 4 is 45.5 Å². The molecule has 0 spiro atoms. The van der Waals surface area contributed by atoms with Crippen LogP contribution in [0.4, 0.5) is 10.5 Å². The summed E-state index contributed by atoms with van der Waals surface area (Å²) in [5, 5.41) is 2.31. The molecule has 0 radical (unpaired) electrons. The van der Waals surface area contributed by atoms with Crippen LogP contribution >= 0.6 is 15.9 Å². The molecule has 5 aliphatic rings. The van der Waals surface area contributed by atoms with Crippen LogP contribution < -0.4 is 10.2 Å². The van der Waals surface area contributed by atoms with Crippen LogP contribution in [0.3, 0.4) is 0 Å². The van der Waals surface area contributed by atoms with Crippen LogP contribution in [0, 0.1) is 17.8 Å². The number of hydrogen-bond acceptors (Lipinski definition) is 4. The molecule has 4 saturated carbocycles. The first-order valence-corrected chi connectivity index (χ1v) is 14.0. The van der Waals surface area contributed by atoms with Gasteiger partial charge in [0.1, 0.15) is 17.1 Å². The van der Waals surface area contributed by atoms with Crippen LogP contribution in [0.2, 0.25) is 0 Å². The van der Waals surface area contributed by atoms with Crippen molar-refractivity contribution < 1.29 is 18.8 Å². The summed E-state index contributed by atoms with van der Waals surface area (Å²) in [4.78, 5) is 39.8. The van der Waals surface area contributed by atoms with Gasteiger partial charge in [-0.05, 0) is 110 Å². The molecule has 2 aromatic carbocycles. The van der Waals surface area contributed by atoms with Gasteiger partial charge in [-0.15, -0.1) is 0 Å². The normalized spacial score (nSPS) is 29.3. The summed E-state index contributed by atoms with van der Waals surface area (Å²) in [6.07, 6.45) is 9.26. The summed E-state index contributed by atoms with van der Waals surface area (Å²) in [6.45, 7) is 0. The number of carbonyl (C=O) groups is 3. The molecule has 192 valence electrons. The van der Waals surface area contributed by atoms with Crippen LogP contribution in [0.5, 0.6) is 0 Å². The first-order chi connectivity index (χ1) is 18.4. The van der Waals surface area contributed by atoms with Crippen LogP contribution in [-0.2, 0) is 15.0 Å². The van der Waals surface area contributed by atoms with E-state index >= 15 is 0 Å². The molecule has 0 unspecified atom stereocenters. The van der Waals surface area contributed by atoms with Crippen molar-refractivity contribution in [3.63, 3.8) is 0 Å². The van der Waals surface area contributed by atoms with Gasteiger partial charge >= 0.3 is 6.03 Å². The molecule has 5 fully saturated rings. The minimum atomic E-state index is -0.741. The van der Waals surface area contributed by atoms with E-state index in [1.54, 1.807) is 12.1 Å². The number of furan rings is 1. The number of nitrogens with zero attached hydrogens (tertiary/aromatic N) is 1. The van der Waals surface area contributed by atoms with Crippen LogP contribution in [-0.4, -0.2) is 17.8 Å². The molecule has 4 amide bonds. The maximum Gasteiger partial charge on any atom is 0.335 e. The number of benzene rings is 2. The zero-order chi connectivity index (χ0) is 26.0. The minimum Gasteiger partial charge on any atom is -0.457 e. The lowest BCUT2D eigenvalue weighted by molar-refractivity contribution is -0.122. The molecule has 4 aliphatic carbocycles. The fourth-order valence-corrected chi connectivity index (χ4v) is 7.93. The van der Waals surface area contributed by atoms with Crippen LogP contribution in [0.15, 0.2) is 75.1 Å². The zero-order valence-corrected chi connectivity index (χ0v) is 22.4. The van der Waals surface area contributed by atoms with E-state index in [9.17, 15) is 14.4 Å². The fourth-order valence-electron chi connectivity index (χ4n) is 7.66. The van der Waals surface area contributed by atoms with Gasteiger partial charge in [-0.1, -0.05) is 40.2 Å². The second kappa shape index (κ2) is 8.80. The van der Waals surface area contributed by atoms with Crippen molar-refractivity contribution in [2.45, 2.75) is 43.9 Å². The number of carbonyl (C=O) groups excluding carboxylic acids is 3. The predicted octanol–water partition coefficient (Wildman–Crippen LogP) is 6.84. The first-order valence-electron chi connectivity index (χ1n) is 13.2. The molecule has 6 nitrogen and oxygen atoms in total.